The van der Waals surface area contributed by atoms with Gasteiger partial charge in [-0.15, -0.1) is 6.58 Å². The molecule has 0 aliphatic heterocycles. The SMILES string of the molecule is C=CCn1c(C)c(/C=N/Nc2nc(C)cc(COC)c2C#N)c2ccccc21. The van der Waals surface area contributed by atoms with Crippen molar-refractivity contribution in [2.75, 3.05) is 12.5 Å². The van der Waals surface area contributed by atoms with Crippen LogP contribution in [0.15, 0.2) is 48.1 Å². The normalized spacial score (nSPS) is 11.1. The van der Waals surface area contributed by atoms with Gasteiger partial charge in [-0.3, -0.25) is 5.43 Å². The smallest absolute Gasteiger partial charge is 0.164 e. The number of hydrazone groups is 1. The summed E-state index contributed by atoms with van der Waals surface area (Å²) in [6.45, 7) is 8.86. The molecule has 0 aliphatic carbocycles. The lowest BCUT2D eigenvalue weighted by Crippen LogP contribution is -2.04. The maximum absolute atomic E-state index is 9.53. The molecule has 1 N–H and O–H groups in total. The third-order valence-electron chi connectivity index (χ3n) is 4.60. The van der Waals surface area contributed by atoms with Crippen molar-refractivity contribution >= 4 is 22.9 Å². The number of methoxy groups -OCH3 is 1. The number of para-hydroxylation sites is 1. The molecule has 0 unspecified atom stereocenters. The molecule has 6 heteroatoms. The van der Waals surface area contributed by atoms with Crippen LogP contribution in [0, 0.1) is 25.2 Å². The van der Waals surface area contributed by atoms with Crippen molar-refractivity contribution in [2.24, 2.45) is 5.10 Å². The molecule has 0 aliphatic rings. The van der Waals surface area contributed by atoms with Gasteiger partial charge in [-0.25, -0.2) is 4.98 Å². The van der Waals surface area contributed by atoms with Crippen molar-refractivity contribution < 1.29 is 4.74 Å². The fraction of sp³-hybridized carbons (Fsp3) is 0.227. The second-order valence-electron chi connectivity index (χ2n) is 6.48. The lowest BCUT2D eigenvalue weighted by Gasteiger charge is -2.09. The number of aryl methyl sites for hydroxylation is 1. The molecule has 2 heterocycles. The van der Waals surface area contributed by atoms with Crippen LogP contribution >= 0.6 is 0 Å². The zero-order valence-corrected chi connectivity index (χ0v) is 16.4. The minimum absolute atomic E-state index is 0.346. The Morgan fingerprint density at radius 1 is 1.36 bits per heavy atom. The van der Waals surface area contributed by atoms with Crippen LogP contribution in [-0.2, 0) is 17.9 Å². The summed E-state index contributed by atoms with van der Waals surface area (Å²) < 4.78 is 7.39. The van der Waals surface area contributed by atoms with Gasteiger partial charge in [-0.2, -0.15) is 10.4 Å². The number of rotatable bonds is 7. The maximum Gasteiger partial charge on any atom is 0.164 e. The molecular formula is C22H23N5O. The van der Waals surface area contributed by atoms with E-state index in [4.69, 9.17) is 4.74 Å². The number of fused-ring (bicyclic) bond motifs is 1. The van der Waals surface area contributed by atoms with Gasteiger partial charge < -0.3 is 9.30 Å². The highest BCUT2D eigenvalue weighted by atomic mass is 16.5. The Kier molecular flexibility index (Phi) is 5.87. The second kappa shape index (κ2) is 8.51. The molecule has 1 aromatic carbocycles. The van der Waals surface area contributed by atoms with Crippen LogP contribution in [0.4, 0.5) is 5.82 Å². The standard InChI is InChI=1S/C22H23N5O/c1-5-10-27-16(3)20(18-8-6-7-9-21(18)27)13-24-26-22-19(12-23)17(14-28-4)11-15(2)25-22/h5-9,11,13H,1,10,14H2,2-4H3,(H,25,26)/b24-13+. The number of nitrogens with one attached hydrogen (secondary N) is 1. The summed E-state index contributed by atoms with van der Waals surface area (Å²) in [4.78, 5) is 4.42. The van der Waals surface area contributed by atoms with Crippen molar-refractivity contribution in [3.8, 4) is 6.07 Å². The van der Waals surface area contributed by atoms with Gasteiger partial charge in [0.25, 0.3) is 0 Å². The molecule has 0 radical (unpaired) electrons. The number of benzene rings is 1. The molecule has 3 rings (SSSR count). The first kappa shape index (κ1) is 19.3. The van der Waals surface area contributed by atoms with E-state index < -0.39 is 0 Å². The number of anilines is 1. The third-order valence-corrected chi connectivity index (χ3v) is 4.60. The Labute approximate surface area is 164 Å². The number of aromatic nitrogens is 2. The summed E-state index contributed by atoms with van der Waals surface area (Å²) in [5, 5.41) is 15.0. The van der Waals surface area contributed by atoms with E-state index in [1.807, 2.05) is 31.2 Å². The lowest BCUT2D eigenvalue weighted by molar-refractivity contribution is 0.184. The molecule has 0 spiro atoms. The topological polar surface area (TPSA) is 75.2 Å². The van der Waals surface area contributed by atoms with Crippen LogP contribution in [0.5, 0.6) is 0 Å². The molecular weight excluding hydrogens is 350 g/mol. The fourth-order valence-corrected chi connectivity index (χ4v) is 3.36. The third kappa shape index (κ3) is 3.66. The molecule has 0 atom stereocenters. The first-order valence-electron chi connectivity index (χ1n) is 8.98. The molecule has 142 valence electrons. The van der Waals surface area contributed by atoms with Gasteiger partial charge in [-0.05, 0) is 26.0 Å². The van der Waals surface area contributed by atoms with Crippen LogP contribution in [-0.4, -0.2) is 22.9 Å². The van der Waals surface area contributed by atoms with Crippen molar-refractivity contribution in [3.63, 3.8) is 0 Å². The minimum atomic E-state index is 0.346. The summed E-state index contributed by atoms with van der Waals surface area (Å²) in [6, 6.07) is 12.2. The first-order chi connectivity index (χ1) is 13.6. The van der Waals surface area contributed by atoms with E-state index in [2.05, 4.69) is 51.8 Å². The number of hydrogen-bond donors (Lipinski definition) is 1. The minimum Gasteiger partial charge on any atom is -0.380 e. The van der Waals surface area contributed by atoms with Gasteiger partial charge in [-0.1, -0.05) is 24.3 Å². The van der Waals surface area contributed by atoms with Crippen LogP contribution in [0.3, 0.4) is 0 Å². The summed E-state index contributed by atoms with van der Waals surface area (Å²) in [5.41, 5.74) is 8.21. The Morgan fingerprint density at radius 2 is 2.14 bits per heavy atom. The van der Waals surface area contributed by atoms with E-state index in [1.165, 1.54) is 0 Å². The number of pyridine rings is 1. The fourth-order valence-electron chi connectivity index (χ4n) is 3.36. The van der Waals surface area contributed by atoms with Gasteiger partial charge in [0.1, 0.15) is 11.6 Å². The van der Waals surface area contributed by atoms with E-state index in [0.717, 1.165) is 40.0 Å². The molecule has 0 fully saturated rings. The van der Waals surface area contributed by atoms with Gasteiger partial charge >= 0.3 is 0 Å². The zero-order chi connectivity index (χ0) is 20.1. The highest BCUT2D eigenvalue weighted by Crippen LogP contribution is 2.25. The first-order valence-corrected chi connectivity index (χ1v) is 8.98. The predicted octanol–water partition coefficient (Wildman–Crippen LogP) is 4.30. The predicted molar refractivity (Wildman–Crippen MR) is 112 cm³/mol. The molecule has 28 heavy (non-hydrogen) atoms. The van der Waals surface area contributed by atoms with E-state index in [0.29, 0.717) is 18.0 Å². The number of hydrogen-bond acceptors (Lipinski definition) is 5. The summed E-state index contributed by atoms with van der Waals surface area (Å²) >= 11 is 0. The van der Waals surface area contributed by atoms with E-state index in [-0.39, 0.29) is 0 Å². The van der Waals surface area contributed by atoms with Crippen molar-refractivity contribution in [2.45, 2.75) is 27.0 Å². The molecule has 2 aromatic heterocycles. The molecule has 6 nitrogen and oxygen atoms in total. The Bertz CT molecular complexity index is 1090. The van der Waals surface area contributed by atoms with Crippen molar-refractivity contribution in [1.82, 2.24) is 9.55 Å². The van der Waals surface area contributed by atoms with Gasteiger partial charge in [0.15, 0.2) is 5.82 Å². The molecule has 3 aromatic rings. The highest BCUT2D eigenvalue weighted by Gasteiger charge is 2.13. The quantitative estimate of drug-likeness (QED) is 0.380. The van der Waals surface area contributed by atoms with Crippen molar-refractivity contribution in [1.29, 1.82) is 5.26 Å². The van der Waals surface area contributed by atoms with Gasteiger partial charge in [0, 0.05) is 47.1 Å². The van der Waals surface area contributed by atoms with Crippen LogP contribution in [0.1, 0.15) is 28.1 Å². The Balaban J connectivity index is 1.98. The van der Waals surface area contributed by atoms with Crippen LogP contribution in [0.25, 0.3) is 10.9 Å². The van der Waals surface area contributed by atoms with E-state index in [1.54, 1.807) is 13.3 Å². The Morgan fingerprint density at radius 3 is 2.86 bits per heavy atom. The number of nitriles is 1. The lowest BCUT2D eigenvalue weighted by atomic mass is 10.1. The number of nitrogens with zero attached hydrogens (tertiary/aromatic N) is 4. The van der Waals surface area contributed by atoms with E-state index >= 15 is 0 Å². The zero-order valence-electron chi connectivity index (χ0n) is 16.4. The maximum atomic E-state index is 9.53. The number of ether oxygens (including phenoxy) is 1. The summed E-state index contributed by atoms with van der Waals surface area (Å²) in [6.07, 6.45) is 3.66. The van der Waals surface area contributed by atoms with Crippen molar-refractivity contribution in [3.05, 3.63) is 71.1 Å². The molecule has 0 amide bonds. The second-order valence-corrected chi connectivity index (χ2v) is 6.48. The van der Waals surface area contributed by atoms with Crippen LogP contribution < -0.4 is 5.43 Å². The summed E-state index contributed by atoms with van der Waals surface area (Å²) in [7, 11) is 1.60. The molecule has 0 saturated carbocycles. The monoisotopic (exact) mass is 373 g/mol. The molecule has 0 bridgehead atoms. The number of allylic oxidation sites excluding steroid dienone is 1. The van der Waals surface area contributed by atoms with Gasteiger partial charge in [0.05, 0.1) is 12.8 Å². The summed E-state index contributed by atoms with van der Waals surface area (Å²) in [5.74, 6) is 0.429. The van der Waals surface area contributed by atoms with Crippen LogP contribution in [0.2, 0.25) is 0 Å². The largest absolute Gasteiger partial charge is 0.380 e. The van der Waals surface area contributed by atoms with E-state index in [9.17, 15) is 5.26 Å². The highest BCUT2D eigenvalue weighted by molar-refractivity contribution is 6.01. The average molecular weight is 373 g/mol. The van der Waals surface area contributed by atoms with Gasteiger partial charge in [0.2, 0.25) is 0 Å². The molecule has 0 saturated heterocycles. The Hall–Kier alpha value is -3.43. The average Bonchev–Trinajstić information content (AvgIpc) is 2.94.